The summed E-state index contributed by atoms with van der Waals surface area (Å²) in [6.45, 7) is 6.09. The number of hydrogen-bond acceptors (Lipinski definition) is 2. The summed E-state index contributed by atoms with van der Waals surface area (Å²) in [6, 6.07) is 3.10. The van der Waals surface area contributed by atoms with Crippen LogP contribution in [-0.4, -0.2) is 13.1 Å². The predicted octanol–water partition coefficient (Wildman–Crippen LogP) is 4.10. The number of nitrogens with zero attached hydrogens (tertiary/aromatic N) is 1. The molecule has 0 unspecified atom stereocenters. The fourth-order valence-electron chi connectivity index (χ4n) is 3.70. The quantitative estimate of drug-likeness (QED) is 0.792. The van der Waals surface area contributed by atoms with Crippen LogP contribution in [0.1, 0.15) is 54.4 Å². The van der Waals surface area contributed by atoms with Crippen LogP contribution < -0.4 is 4.90 Å². The molecule has 1 saturated carbocycles. The maximum absolute atomic E-state index is 5.64. The number of aryl methyl sites for hydroxylation is 1. The summed E-state index contributed by atoms with van der Waals surface area (Å²) in [7, 11) is 2.28. The smallest absolute Gasteiger partial charge is 0.0728 e. The molecule has 0 atom stereocenters. The summed E-state index contributed by atoms with van der Waals surface area (Å²) in [5, 5.41) is 0. The van der Waals surface area contributed by atoms with Crippen LogP contribution in [0.5, 0.6) is 0 Å². The third-order valence-corrected chi connectivity index (χ3v) is 5.03. The normalized spacial score (nSPS) is 19.5. The van der Waals surface area contributed by atoms with Crippen molar-refractivity contribution in [1.29, 1.82) is 0 Å². The monoisotopic (exact) mass is 259 g/mol. The summed E-state index contributed by atoms with van der Waals surface area (Å²) >= 11 is 0. The molecule has 0 amide bonds. The molecule has 104 valence electrons. The maximum Gasteiger partial charge on any atom is 0.0728 e. The third-order valence-electron chi connectivity index (χ3n) is 5.03. The average Bonchev–Trinajstić information content (AvgIpc) is 2.93. The lowest BCUT2D eigenvalue weighted by Gasteiger charge is -2.34. The van der Waals surface area contributed by atoms with Gasteiger partial charge in [0.05, 0.1) is 13.2 Å². The van der Waals surface area contributed by atoms with Gasteiger partial charge in [0.25, 0.3) is 0 Å². The van der Waals surface area contributed by atoms with Gasteiger partial charge in [0, 0.05) is 18.8 Å². The highest BCUT2D eigenvalue weighted by molar-refractivity contribution is 5.61. The molecule has 1 aliphatic carbocycles. The van der Waals surface area contributed by atoms with E-state index in [1.165, 1.54) is 60.0 Å². The van der Waals surface area contributed by atoms with Crippen LogP contribution in [0.4, 0.5) is 5.69 Å². The minimum Gasteiger partial charge on any atom is -0.372 e. The van der Waals surface area contributed by atoms with Crippen molar-refractivity contribution in [2.45, 2.75) is 65.2 Å². The fraction of sp³-hybridized carbons (Fsp3) is 0.647. The summed E-state index contributed by atoms with van der Waals surface area (Å²) in [5.41, 5.74) is 7.13. The molecule has 1 aromatic carbocycles. The van der Waals surface area contributed by atoms with Gasteiger partial charge in [-0.2, -0.15) is 0 Å². The standard InChI is InChI=1S/C17H25NO/c1-12-9-17(13(2)16-11-19-10-15(12)16)18(3)14-7-5-4-6-8-14/h9,14H,4-8,10-11H2,1-3H3. The van der Waals surface area contributed by atoms with E-state index in [2.05, 4.69) is 31.9 Å². The van der Waals surface area contributed by atoms with E-state index in [1.807, 2.05) is 0 Å². The minimum atomic E-state index is 0.729. The molecule has 2 aliphatic rings. The molecular formula is C17H25NO. The van der Waals surface area contributed by atoms with Crippen molar-refractivity contribution in [2.75, 3.05) is 11.9 Å². The van der Waals surface area contributed by atoms with Gasteiger partial charge in [0.1, 0.15) is 0 Å². The highest BCUT2D eigenvalue weighted by atomic mass is 16.5. The highest BCUT2D eigenvalue weighted by Crippen LogP contribution is 2.35. The van der Waals surface area contributed by atoms with Crippen molar-refractivity contribution in [1.82, 2.24) is 0 Å². The van der Waals surface area contributed by atoms with Crippen LogP contribution in [-0.2, 0) is 18.0 Å². The van der Waals surface area contributed by atoms with Gasteiger partial charge in [-0.05, 0) is 55.0 Å². The lowest BCUT2D eigenvalue weighted by Crippen LogP contribution is -2.34. The first-order valence-electron chi connectivity index (χ1n) is 7.61. The van der Waals surface area contributed by atoms with E-state index in [9.17, 15) is 0 Å². The lowest BCUT2D eigenvalue weighted by molar-refractivity contribution is 0.134. The molecule has 0 bridgehead atoms. The Balaban J connectivity index is 1.94. The third kappa shape index (κ3) is 2.27. The molecule has 0 spiro atoms. The molecule has 0 N–H and O–H groups in total. The second-order valence-corrected chi connectivity index (χ2v) is 6.19. The summed E-state index contributed by atoms with van der Waals surface area (Å²) in [5.74, 6) is 0. The Morgan fingerprint density at radius 2 is 1.74 bits per heavy atom. The van der Waals surface area contributed by atoms with E-state index in [0.29, 0.717) is 0 Å². The first-order chi connectivity index (χ1) is 9.18. The number of ether oxygens (including phenoxy) is 1. The van der Waals surface area contributed by atoms with E-state index in [-0.39, 0.29) is 0 Å². The van der Waals surface area contributed by atoms with E-state index in [4.69, 9.17) is 4.74 Å². The first-order valence-corrected chi connectivity index (χ1v) is 7.61. The van der Waals surface area contributed by atoms with E-state index in [1.54, 1.807) is 0 Å². The predicted molar refractivity (Wildman–Crippen MR) is 79.7 cm³/mol. The Hall–Kier alpha value is -1.02. The zero-order valence-corrected chi connectivity index (χ0v) is 12.5. The molecule has 1 aliphatic heterocycles. The topological polar surface area (TPSA) is 12.5 Å². The number of anilines is 1. The molecule has 3 rings (SSSR count). The van der Waals surface area contributed by atoms with Gasteiger partial charge in [0.15, 0.2) is 0 Å². The SMILES string of the molecule is Cc1cc(N(C)C2CCCCC2)c(C)c2c1COC2. The van der Waals surface area contributed by atoms with Gasteiger partial charge in [-0.15, -0.1) is 0 Å². The van der Waals surface area contributed by atoms with Gasteiger partial charge in [0.2, 0.25) is 0 Å². The Morgan fingerprint density at radius 1 is 1.05 bits per heavy atom. The van der Waals surface area contributed by atoms with E-state index in [0.717, 1.165) is 19.3 Å². The molecule has 0 saturated heterocycles. The second-order valence-electron chi connectivity index (χ2n) is 6.19. The van der Waals surface area contributed by atoms with Gasteiger partial charge >= 0.3 is 0 Å². The molecule has 0 radical (unpaired) electrons. The average molecular weight is 259 g/mol. The fourth-order valence-corrected chi connectivity index (χ4v) is 3.70. The molecule has 1 fully saturated rings. The van der Waals surface area contributed by atoms with Gasteiger partial charge in [-0.25, -0.2) is 0 Å². The van der Waals surface area contributed by atoms with Crippen molar-refractivity contribution in [3.8, 4) is 0 Å². The second kappa shape index (κ2) is 5.16. The largest absolute Gasteiger partial charge is 0.372 e. The Bertz CT molecular complexity index is 475. The Labute approximate surface area is 116 Å². The number of benzene rings is 1. The maximum atomic E-state index is 5.64. The van der Waals surface area contributed by atoms with Crippen molar-refractivity contribution < 1.29 is 4.74 Å². The Kier molecular flexibility index (Phi) is 3.53. The molecule has 19 heavy (non-hydrogen) atoms. The van der Waals surface area contributed by atoms with Crippen LogP contribution in [0.3, 0.4) is 0 Å². The number of fused-ring (bicyclic) bond motifs is 1. The zero-order valence-electron chi connectivity index (χ0n) is 12.5. The summed E-state index contributed by atoms with van der Waals surface area (Å²) < 4.78 is 5.64. The summed E-state index contributed by atoms with van der Waals surface area (Å²) in [4.78, 5) is 2.53. The van der Waals surface area contributed by atoms with Crippen molar-refractivity contribution >= 4 is 5.69 Å². The lowest BCUT2D eigenvalue weighted by atomic mass is 9.92. The summed E-state index contributed by atoms with van der Waals surface area (Å²) in [6.07, 6.45) is 6.90. The van der Waals surface area contributed by atoms with Gasteiger partial charge < -0.3 is 9.64 Å². The highest BCUT2D eigenvalue weighted by Gasteiger charge is 2.24. The minimum absolute atomic E-state index is 0.729. The Morgan fingerprint density at radius 3 is 2.47 bits per heavy atom. The van der Waals surface area contributed by atoms with Crippen LogP contribution in [0.25, 0.3) is 0 Å². The zero-order chi connectivity index (χ0) is 13.4. The molecule has 2 nitrogen and oxygen atoms in total. The van der Waals surface area contributed by atoms with Crippen LogP contribution in [0, 0.1) is 13.8 Å². The van der Waals surface area contributed by atoms with Crippen LogP contribution in [0.15, 0.2) is 6.07 Å². The molecular weight excluding hydrogens is 234 g/mol. The molecule has 2 heteroatoms. The molecule has 0 aromatic heterocycles. The van der Waals surface area contributed by atoms with Crippen molar-refractivity contribution in [3.05, 3.63) is 28.3 Å². The van der Waals surface area contributed by atoms with Gasteiger partial charge in [-0.1, -0.05) is 19.3 Å². The van der Waals surface area contributed by atoms with Crippen molar-refractivity contribution in [2.24, 2.45) is 0 Å². The van der Waals surface area contributed by atoms with Crippen LogP contribution >= 0.6 is 0 Å². The molecule has 1 heterocycles. The van der Waals surface area contributed by atoms with Crippen LogP contribution in [0.2, 0.25) is 0 Å². The van der Waals surface area contributed by atoms with Crippen molar-refractivity contribution in [3.63, 3.8) is 0 Å². The first kappa shape index (κ1) is 13.0. The number of rotatable bonds is 2. The van der Waals surface area contributed by atoms with E-state index < -0.39 is 0 Å². The van der Waals surface area contributed by atoms with Gasteiger partial charge in [-0.3, -0.25) is 0 Å². The number of hydrogen-bond donors (Lipinski definition) is 0. The van der Waals surface area contributed by atoms with E-state index >= 15 is 0 Å². The molecule has 1 aromatic rings.